The molecule has 2 aromatic rings. The maximum Gasteiger partial charge on any atom is 0.264 e. The Balaban J connectivity index is 1.60. The molecule has 0 aliphatic carbocycles. The summed E-state index contributed by atoms with van der Waals surface area (Å²) in [5.41, 5.74) is 3.09. The number of methoxy groups -OCH3 is 1. The van der Waals surface area contributed by atoms with Gasteiger partial charge in [0.1, 0.15) is 30.1 Å². The number of hydroxylamine groups is 1. The molecule has 1 amide bonds. The summed E-state index contributed by atoms with van der Waals surface area (Å²) < 4.78 is 44.7. The topological polar surface area (TPSA) is 124 Å². The number of rotatable bonds is 7. The Kier molecular flexibility index (Phi) is 6.94. The van der Waals surface area contributed by atoms with Gasteiger partial charge in [0.2, 0.25) is 10.0 Å². The second kappa shape index (κ2) is 9.61. The third kappa shape index (κ3) is 4.95. The van der Waals surface area contributed by atoms with Crippen molar-refractivity contribution in [2.75, 3.05) is 13.7 Å². The van der Waals surface area contributed by atoms with E-state index >= 15 is 0 Å². The zero-order valence-corrected chi connectivity index (χ0v) is 19.9. The molecule has 0 spiro atoms. The first-order chi connectivity index (χ1) is 16.1. The highest BCUT2D eigenvalue weighted by molar-refractivity contribution is 7.89. The minimum absolute atomic E-state index is 0.0554. The van der Waals surface area contributed by atoms with Crippen molar-refractivity contribution in [2.24, 2.45) is 0 Å². The van der Waals surface area contributed by atoms with Crippen LogP contribution in [0.3, 0.4) is 0 Å². The van der Waals surface area contributed by atoms with E-state index in [0.29, 0.717) is 5.75 Å². The monoisotopic (exact) mass is 492 g/mol. The number of carbonyl (C=O) groups is 1. The Morgan fingerprint density at radius 3 is 2.47 bits per heavy atom. The van der Waals surface area contributed by atoms with E-state index < -0.39 is 46.1 Å². The van der Waals surface area contributed by atoms with Crippen LogP contribution < -0.4 is 10.2 Å². The van der Waals surface area contributed by atoms with Crippen molar-refractivity contribution in [3.63, 3.8) is 0 Å². The Morgan fingerprint density at radius 2 is 1.82 bits per heavy atom. The molecular weight excluding hydrogens is 464 g/mol. The Morgan fingerprint density at radius 1 is 1.15 bits per heavy atom. The molecule has 4 rings (SSSR count). The average Bonchev–Trinajstić information content (AvgIpc) is 3.14. The summed E-state index contributed by atoms with van der Waals surface area (Å²) in [6, 6.07) is 13.4. The molecule has 2 heterocycles. The van der Waals surface area contributed by atoms with Gasteiger partial charge in [-0.05, 0) is 43.7 Å². The van der Waals surface area contributed by atoms with Gasteiger partial charge in [0.05, 0.1) is 18.6 Å². The standard InChI is InChI=1S/C23H28N2O8S/c1-23(2)32-18-13-25(34(28,29)17-11-9-16(30-3)10-12-17)19(20(26)21(18)33-23)22(27)24-31-14-15-7-5-4-6-8-15/h4-12,18-21,26H,13-14H2,1-3H3,(H,24,27)/t18-,19+,20+,21+/m0/s1. The molecule has 2 aliphatic heterocycles. The molecule has 0 saturated carbocycles. The second-order valence-corrected chi connectivity index (χ2v) is 10.5. The van der Waals surface area contributed by atoms with Gasteiger partial charge in [-0.15, -0.1) is 0 Å². The highest BCUT2D eigenvalue weighted by Crippen LogP contribution is 2.37. The summed E-state index contributed by atoms with van der Waals surface area (Å²) in [7, 11) is -2.73. The lowest BCUT2D eigenvalue weighted by Gasteiger charge is -2.41. The first kappa shape index (κ1) is 24.6. The molecule has 11 heteroatoms. The number of nitrogens with one attached hydrogen (secondary N) is 1. The Bertz CT molecular complexity index is 1110. The minimum atomic E-state index is -4.20. The van der Waals surface area contributed by atoms with Gasteiger partial charge in [-0.1, -0.05) is 30.3 Å². The molecule has 2 saturated heterocycles. The van der Waals surface area contributed by atoms with Gasteiger partial charge in [0.15, 0.2) is 5.79 Å². The number of aliphatic hydroxyl groups excluding tert-OH is 1. The zero-order chi connectivity index (χ0) is 24.5. The molecule has 0 aromatic heterocycles. The molecule has 4 atom stereocenters. The van der Waals surface area contributed by atoms with E-state index in [1.54, 1.807) is 13.8 Å². The van der Waals surface area contributed by atoms with Crippen molar-refractivity contribution < 1.29 is 37.4 Å². The summed E-state index contributed by atoms with van der Waals surface area (Å²) in [5.74, 6) is -1.37. The summed E-state index contributed by atoms with van der Waals surface area (Å²) >= 11 is 0. The fraction of sp³-hybridized carbons (Fsp3) is 0.435. The van der Waals surface area contributed by atoms with Gasteiger partial charge in [-0.3, -0.25) is 9.63 Å². The van der Waals surface area contributed by atoms with Crippen LogP contribution in [0.4, 0.5) is 0 Å². The lowest BCUT2D eigenvalue weighted by molar-refractivity contribution is -0.160. The van der Waals surface area contributed by atoms with Crippen LogP contribution in [0.2, 0.25) is 0 Å². The number of piperidine rings is 1. The molecule has 0 radical (unpaired) electrons. The predicted octanol–water partition coefficient (Wildman–Crippen LogP) is 1.20. The van der Waals surface area contributed by atoms with E-state index in [1.807, 2.05) is 30.3 Å². The van der Waals surface area contributed by atoms with Crippen molar-refractivity contribution in [1.82, 2.24) is 9.79 Å². The van der Waals surface area contributed by atoms with Gasteiger partial charge in [0, 0.05) is 6.54 Å². The van der Waals surface area contributed by atoms with E-state index in [0.717, 1.165) is 9.87 Å². The molecular formula is C23H28N2O8S. The molecule has 10 nitrogen and oxygen atoms in total. The number of amides is 1. The number of hydrogen-bond acceptors (Lipinski definition) is 8. The third-order valence-electron chi connectivity index (χ3n) is 5.74. The maximum absolute atomic E-state index is 13.5. The molecule has 2 aliphatic rings. The second-order valence-electron chi connectivity index (χ2n) is 8.56. The number of aliphatic hydroxyl groups is 1. The lowest BCUT2D eigenvalue weighted by Crippen LogP contribution is -2.66. The molecule has 2 fully saturated rings. The van der Waals surface area contributed by atoms with E-state index in [4.69, 9.17) is 19.0 Å². The van der Waals surface area contributed by atoms with Gasteiger partial charge in [0.25, 0.3) is 5.91 Å². The summed E-state index contributed by atoms with van der Waals surface area (Å²) in [6.07, 6.45) is -3.14. The number of ether oxygens (including phenoxy) is 3. The van der Waals surface area contributed by atoms with Crippen molar-refractivity contribution in [3.8, 4) is 5.75 Å². The van der Waals surface area contributed by atoms with E-state index in [1.165, 1.54) is 31.4 Å². The number of nitrogens with zero attached hydrogens (tertiary/aromatic N) is 1. The normalized spacial score (nSPS) is 26.6. The number of hydrogen-bond donors (Lipinski definition) is 2. The van der Waals surface area contributed by atoms with Crippen molar-refractivity contribution in [1.29, 1.82) is 0 Å². The van der Waals surface area contributed by atoms with E-state index in [9.17, 15) is 18.3 Å². The van der Waals surface area contributed by atoms with Gasteiger partial charge >= 0.3 is 0 Å². The van der Waals surface area contributed by atoms with Gasteiger partial charge in [-0.2, -0.15) is 4.31 Å². The summed E-state index contributed by atoms with van der Waals surface area (Å²) in [6.45, 7) is 3.21. The minimum Gasteiger partial charge on any atom is -0.497 e. The maximum atomic E-state index is 13.5. The van der Waals surface area contributed by atoms with Gasteiger partial charge < -0.3 is 19.3 Å². The fourth-order valence-electron chi connectivity index (χ4n) is 4.18. The summed E-state index contributed by atoms with van der Waals surface area (Å²) in [4.78, 5) is 18.4. The lowest BCUT2D eigenvalue weighted by atomic mass is 9.95. The predicted molar refractivity (Wildman–Crippen MR) is 120 cm³/mol. The van der Waals surface area contributed by atoms with Crippen LogP contribution in [0.1, 0.15) is 19.4 Å². The first-order valence-corrected chi connectivity index (χ1v) is 12.2. The number of benzene rings is 2. The van der Waals surface area contributed by atoms with Crippen molar-refractivity contribution in [3.05, 3.63) is 60.2 Å². The SMILES string of the molecule is COc1ccc(S(=O)(=O)N2C[C@@H]3OC(C)(C)O[C@H]3[C@H](O)[C@@H]2C(=O)NOCc2ccccc2)cc1. The molecule has 34 heavy (non-hydrogen) atoms. The van der Waals surface area contributed by atoms with Crippen LogP contribution in [0, 0.1) is 0 Å². The Hall–Kier alpha value is -2.54. The smallest absolute Gasteiger partial charge is 0.264 e. The van der Waals surface area contributed by atoms with Gasteiger partial charge in [-0.25, -0.2) is 13.9 Å². The first-order valence-electron chi connectivity index (χ1n) is 10.8. The Labute approximate surface area is 198 Å². The largest absolute Gasteiger partial charge is 0.497 e. The highest BCUT2D eigenvalue weighted by atomic mass is 32.2. The van der Waals surface area contributed by atoms with Crippen LogP contribution in [0.15, 0.2) is 59.5 Å². The highest BCUT2D eigenvalue weighted by Gasteiger charge is 2.57. The van der Waals surface area contributed by atoms with Crippen LogP contribution in [-0.4, -0.2) is 67.5 Å². The van der Waals surface area contributed by atoms with Crippen LogP contribution >= 0.6 is 0 Å². The van der Waals surface area contributed by atoms with Crippen LogP contribution in [0.5, 0.6) is 5.75 Å². The molecule has 2 N–H and O–H groups in total. The van der Waals surface area contributed by atoms with E-state index in [-0.39, 0.29) is 18.0 Å². The summed E-state index contributed by atoms with van der Waals surface area (Å²) in [5, 5.41) is 11.1. The quantitative estimate of drug-likeness (QED) is 0.553. The number of sulfonamides is 1. The average molecular weight is 493 g/mol. The van der Waals surface area contributed by atoms with E-state index in [2.05, 4.69) is 5.48 Å². The van der Waals surface area contributed by atoms with Crippen molar-refractivity contribution in [2.45, 2.75) is 55.5 Å². The zero-order valence-electron chi connectivity index (χ0n) is 19.1. The fourth-order valence-corrected chi connectivity index (χ4v) is 5.79. The van der Waals surface area contributed by atoms with Crippen LogP contribution in [-0.2, 0) is 35.7 Å². The molecule has 0 bridgehead atoms. The van der Waals surface area contributed by atoms with Crippen molar-refractivity contribution >= 4 is 15.9 Å². The molecule has 0 unspecified atom stereocenters. The molecule has 2 aromatic carbocycles. The number of carbonyl (C=O) groups excluding carboxylic acids is 1. The van der Waals surface area contributed by atoms with Crippen LogP contribution in [0.25, 0.3) is 0 Å². The molecule has 184 valence electrons. The third-order valence-corrected chi connectivity index (χ3v) is 7.60. The number of fused-ring (bicyclic) bond motifs is 1.